The van der Waals surface area contributed by atoms with Gasteiger partial charge in [-0.3, -0.25) is 9.59 Å². The summed E-state index contributed by atoms with van der Waals surface area (Å²) in [6.45, 7) is 3.39. The number of methoxy groups -OCH3 is 1. The van der Waals surface area contributed by atoms with Crippen molar-refractivity contribution in [1.82, 2.24) is 0 Å². The lowest BCUT2D eigenvalue weighted by Gasteiger charge is -2.17. The highest BCUT2D eigenvalue weighted by atomic mass is 35.5. The molecule has 2 rings (SSSR count). The van der Waals surface area contributed by atoms with Gasteiger partial charge in [0.1, 0.15) is 0 Å². The van der Waals surface area contributed by atoms with Crippen LogP contribution in [0, 0.1) is 0 Å². The molecule has 2 aromatic rings. The highest BCUT2D eigenvalue weighted by Crippen LogP contribution is 2.40. The van der Waals surface area contributed by atoms with Crippen LogP contribution in [-0.4, -0.2) is 30.8 Å². The summed E-state index contributed by atoms with van der Waals surface area (Å²) in [5.41, 5.74) is 3.62. The van der Waals surface area contributed by atoms with Gasteiger partial charge in [-0.15, -0.1) is 11.8 Å². The highest BCUT2D eigenvalue weighted by Gasteiger charge is 2.34. The number of amides is 2. The van der Waals surface area contributed by atoms with Crippen LogP contribution in [0.1, 0.15) is 36.2 Å². The fourth-order valence-corrected chi connectivity index (χ4v) is 3.81. The zero-order chi connectivity index (χ0) is 24.1. The Morgan fingerprint density at radius 1 is 1.25 bits per heavy atom. The third kappa shape index (κ3) is 6.70. The molecule has 0 bridgehead atoms. The molecule has 0 radical (unpaired) electrons. The lowest BCUT2D eigenvalue weighted by atomic mass is 10.1. The van der Waals surface area contributed by atoms with Crippen molar-refractivity contribution in [1.29, 1.82) is 0 Å². The predicted octanol–water partition coefficient (Wildman–Crippen LogP) is 5.37. The molecule has 0 saturated carbocycles. The number of benzene rings is 2. The number of nitrogens with two attached hydrogens (primary N) is 1. The van der Waals surface area contributed by atoms with E-state index in [0.29, 0.717) is 4.90 Å². The number of ether oxygens (including phenoxy) is 2. The number of hydrogen-bond acceptors (Lipinski definition) is 5. The Morgan fingerprint density at radius 2 is 1.94 bits per heavy atom. The molecule has 1 unspecified atom stereocenters. The van der Waals surface area contributed by atoms with Crippen LogP contribution in [0.3, 0.4) is 0 Å². The molecule has 0 saturated heterocycles. The van der Waals surface area contributed by atoms with Gasteiger partial charge in [-0.25, -0.2) is 0 Å². The Labute approximate surface area is 192 Å². The summed E-state index contributed by atoms with van der Waals surface area (Å²) >= 11 is 7.43. The predicted molar refractivity (Wildman–Crippen MR) is 118 cm³/mol. The first-order valence-electron chi connectivity index (χ1n) is 9.44. The van der Waals surface area contributed by atoms with Gasteiger partial charge in [-0.2, -0.15) is 13.2 Å². The number of hydrogen-bond donors (Lipinski definition) is 2. The minimum Gasteiger partial charge on any atom is -0.493 e. The molecule has 0 aliphatic rings. The lowest BCUT2D eigenvalue weighted by Crippen LogP contribution is -2.20. The summed E-state index contributed by atoms with van der Waals surface area (Å²) in [6.07, 6.45) is -3.87. The van der Waals surface area contributed by atoms with Crippen molar-refractivity contribution >= 4 is 40.9 Å². The number of rotatable bonds is 9. The maximum atomic E-state index is 13.6. The monoisotopic (exact) mass is 490 g/mol. The first-order chi connectivity index (χ1) is 15.0. The van der Waals surface area contributed by atoms with Gasteiger partial charge in [0.2, 0.25) is 0 Å². The molecular formula is C21H22ClF3N2O4S. The number of thioether (sulfide) groups is 1. The minimum absolute atomic E-state index is 0.0141. The average molecular weight is 491 g/mol. The van der Waals surface area contributed by atoms with Crippen LogP contribution in [0.5, 0.6) is 11.5 Å². The molecule has 0 spiro atoms. The van der Waals surface area contributed by atoms with Gasteiger partial charge in [-0.1, -0.05) is 25.4 Å². The number of carbonyl (C=O) groups excluding carboxylic acids is 2. The molecule has 0 aromatic heterocycles. The summed E-state index contributed by atoms with van der Waals surface area (Å²) in [6, 6.07) is 6.18. The van der Waals surface area contributed by atoms with Gasteiger partial charge in [0.15, 0.2) is 18.1 Å². The van der Waals surface area contributed by atoms with E-state index < -0.39 is 30.2 Å². The molecule has 32 heavy (non-hydrogen) atoms. The van der Waals surface area contributed by atoms with E-state index in [4.69, 9.17) is 26.8 Å². The zero-order valence-electron chi connectivity index (χ0n) is 17.5. The largest absolute Gasteiger partial charge is 0.493 e. The number of primary amides is 1. The summed E-state index contributed by atoms with van der Waals surface area (Å²) in [4.78, 5) is 24.1. The Bertz CT molecular complexity index is 1000. The van der Waals surface area contributed by atoms with E-state index in [-0.39, 0.29) is 33.0 Å². The SMILES string of the molecule is CCC(C)Sc1ccc(NC(=O)c2cc(Cl)c(OCC(N)=O)c(OC)c2)c(C(F)(F)F)c1. The Balaban J connectivity index is 2.35. The van der Waals surface area contributed by atoms with E-state index >= 15 is 0 Å². The first kappa shape index (κ1) is 25.7. The van der Waals surface area contributed by atoms with Crippen LogP contribution >= 0.6 is 23.4 Å². The van der Waals surface area contributed by atoms with E-state index in [2.05, 4.69) is 5.32 Å². The molecule has 0 aliphatic heterocycles. The number of nitrogens with one attached hydrogen (secondary N) is 1. The molecule has 2 aromatic carbocycles. The average Bonchev–Trinajstić information content (AvgIpc) is 2.72. The van der Waals surface area contributed by atoms with Crippen LogP contribution in [0.25, 0.3) is 0 Å². The smallest absolute Gasteiger partial charge is 0.418 e. The molecule has 174 valence electrons. The maximum absolute atomic E-state index is 13.6. The Kier molecular flexibility index (Phi) is 8.68. The molecule has 3 N–H and O–H groups in total. The van der Waals surface area contributed by atoms with Crippen LogP contribution in [-0.2, 0) is 11.0 Å². The summed E-state index contributed by atoms with van der Waals surface area (Å²) in [5, 5.41) is 2.34. The zero-order valence-corrected chi connectivity index (χ0v) is 19.1. The number of halogens is 4. The second-order valence-electron chi connectivity index (χ2n) is 6.74. The number of carbonyl (C=O) groups is 2. The Morgan fingerprint density at radius 3 is 2.50 bits per heavy atom. The van der Waals surface area contributed by atoms with Crippen molar-refractivity contribution in [2.75, 3.05) is 19.0 Å². The van der Waals surface area contributed by atoms with Crippen molar-refractivity contribution in [2.24, 2.45) is 5.73 Å². The third-order valence-corrected chi connectivity index (χ3v) is 5.85. The number of anilines is 1. The Hall–Kier alpha value is -2.59. The van der Waals surface area contributed by atoms with Crippen molar-refractivity contribution in [3.05, 3.63) is 46.5 Å². The van der Waals surface area contributed by atoms with Gasteiger partial charge < -0.3 is 20.5 Å². The second kappa shape index (κ2) is 10.8. The molecule has 1 atom stereocenters. The third-order valence-electron chi connectivity index (χ3n) is 4.31. The first-order valence-corrected chi connectivity index (χ1v) is 10.7. The van der Waals surface area contributed by atoms with Gasteiger partial charge in [0.05, 0.1) is 23.4 Å². The van der Waals surface area contributed by atoms with E-state index in [1.165, 1.54) is 43.1 Å². The fraction of sp³-hybridized carbons (Fsp3) is 0.333. The molecular weight excluding hydrogens is 469 g/mol. The second-order valence-corrected chi connectivity index (χ2v) is 8.66. The lowest BCUT2D eigenvalue weighted by molar-refractivity contribution is -0.137. The van der Waals surface area contributed by atoms with Crippen LogP contribution in [0.4, 0.5) is 18.9 Å². The maximum Gasteiger partial charge on any atom is 0.418 e. The molecule has 0 aliphatic carbocycles. The minimum atomic E-state index is -4.67. The summed E-state index contributed by atoms with van der Waals surface area (Å²) < 4.78 is 51.2. The number of alkyl halides is 3. The van der Waals surface area contributed by atoms with Crippen LogP contribution in [0.2, 0.25) is 5.02 Å². The van der Waals surface area contributed by atoms with E-state index in [1.807, 2.05) is 13.8 Å². The van der Waals surface area contributed by atoms with Crippen molar-refractivity contribution in [3.8, 4) is 11.5 Å². The van der Waals surface area contributed by atoms with Crippen molar-refractivity contribution in [2.45, 2.75) is 36.6 Å². The van der Waals surface area contributed by atoms with E-state index in [1.54, 1.807) is 0 Å². The molecule has 0 fully saturated rings. The fourth-order valence-electron chi connectivity index (χ4n) is 2.58. The molecule has 2 amide bonds. The summed E-state index contributed by atoms with van der Waals surface area (Å²) in [5.74, 6) is -1.59. The van der Waals surface area contributed by atoms with Crippen LogP contribution < -0.4 is 20.5 Å². The van der Waals surface area contributed by atoms with Crippen LogP contribution in [0.15, 0.2) is 35.2 Å². The van der Waals surface area contributed by atoms with Gasteiger partial charge >= 0.3 is 6.18 Å². The summed E-state index contributed by atoms with van der Waals surface area (Å²) in [7, 11) is 1.28. The van der Waals surface area contributed by atoms with E-state index in [0.717, 1.165) is 12.5 Å². The van der Waals surface area contributed by atoms with Gasteiger partial charge in [0, 0.05) is 15.7 Å². The van der Waals surface area contributed by atoms with Crippen molar-refractivity contribution in [3.63, 3.8) is 0 Å². The molecule has 11 heteroatoms. The highest BCUT2D eigenvalue weighted by molar-refractivity contribution is 7.99. The van der Waals surface area contributed by atoms with Crippen molar-refractivity contribution < 1.29 is 32.2 Å². The normalized spacial score (nSPS) is 12.2. The standard InChI is InChI=1S/C21H22ClF3N2O4S/c1-4-11(2)32-13-5-6-16(14(9-13)21(23,24)25)27-20(29)12-7-15(22)19(17(8-12)30-3)31-10-18(26)28/h5-9,11H,4,10H2,1-3H3,(H2,26,28)(H,27,29). The molecule has 6 nitrogen and oxygen atoms in total. The van der Waals surface area contributed by atoms with Gasteiger partial charge in [-0.05, 0) is 36.8 Å². The molecule has 0 heterocycles. The van der Waals surface area contributed by atoms with Gasteiger partial charge in [0.25, 0.3) is 11.8 Å². The topological polar surface area (TPSA) is 90.6 Å². The quantitative estimate of drug-likeness (QED) is 0.461. The van der Waals surface area contributed by atoms with E-state index in [9.17, 15) is 22.8 Å².